The lowest BCUT2D eigenvalue weighted by Gasteiger charge is -2.13. The molecule has 5 nitrogen and oxygen atoms in total. The number of carbonyl (C=O) groups is 1. The minimum atomic E-state index is -0.330. The third-order valence-electron chi connectivity index (χ3n) is 3.93. The van der Waals surface area contributed by atoms with Gasteiger partial charge in [0.15, 0.2) is 0 Å². The lowest BCUT2D eigenvalue weighted by molar-refractivity contribution is 0.102. The maximum atomic E-state index is 13.0. The minimum Gasteiger partial charge on any atom is -0.496 e. The van der Waals surface area contributed by atoms with Crippen molar-refractivity contribution < 1.29 is 18.7 Å². The molecule has 0 fully saturated rings. The first-order valence-electron chi connectivity index (χ1n) is 8.25. The number of halogens is 1. The summed E-state index contributed by atoms with van der Waals surface area (Å²) in [7, 11) is 3.00. The van der Waals surface area contributed by atoms with E-state index >= 15 is 0 Å². The number of ether oxygens (including phenoxy) is 2. The fourth-order valence-corrected chi connectivity index (χ4v) is 2.61. The van der Waals surface area contributed by atoms with Crippen molar-refractivity contribution in [1.29, 1.82) is 0 Å². The summed E-state index contributed by atoms with van der Waals surface area (Å²) in [5.41, 5.74) is 2.54. The molecule has 6 heteroatoms. The Labute approximate surface area is 156 Å². The highest BCUT2D eigenvalue weighted by Crippen LogP contribution is 2.29. The highest BCUT2D eigenvalue weighted by Gasteiger charge is 2.18. The van der Waals surface area contributed by atoms with E-state index in [1.54, 1.807) is 42.5 Å². The zero-order valence-electron chi connectivity index (χ0n) is 15.0. The fraction of sp³-hybridized carbons (Fsp3) is 0.0952. The third-order valence-corrected chi connectivity index (χ3v) is 3.93. The molecule has 1 amide bonds. The van der Waals surface area contributed by atoms with Gasteiger partial charge in [0, 0.05) is 17.1 Å². The molecule has 0 spiro atoms. The van der Waals surface area contributed by atoms with Crippen molar-refractivity contribution in [2.45, 2.75) is 0 Å². The third kappa shape index (κ3) is 4.36. The second-order valence-corrected chi connectivity index (χ2v) is 5.70. The summed E-state index contributed by atoms with van der Waals surface area (Å²) < 4.78 is 23.5. The molecule has 0 aliphatic heterocycles. The van der Waals surface area contributed by atoms with Crippen LogP contribution in [0.2, 0.25) is 0 Å². The minimum absolute atomic E-state index is 0.287. The number of hydrogen-bond donors (Lipinski definition) is 2. The normalized spacial score (nSPS) is 10.2. The molecule has 3 rings (SSSR count). The van der Waals surface area contributed by atoms with Gasteiger partial charge in [-0.05, 0) is 60.7 Å². The average molecular weight is 366 g/mol. The highest BCUT2D eigenvalue weighted by atomic mass is 19.1. The van der Waals surface area contributed by atoms with Crippen LogP contribution < -0.4 is 20.1 Å². The molecular formula is C21H19FN2O3. The number of rotatable bonds is 6. The van der Waals surface area contributed by atoms with Crippen LogP contribution in [-0.2, 0) is 0 Å². The van der Waals surface area contributed by atoms with Crippen molar-refractivity contribution in [3.8, 4) is 11.5 Å². The molecule has 138 valence electrons. The van der Waals surface area contributed by atoms with Crippen LogP contribution in [0, 0.1) is 5.82 Å². The Balaban J connectivity index is 1.73. The number of anilines is 3. The predicted octanol–water partition coefficient (Wildman–Crippen LogP) is 4.84. The Hall–Kier alpha value is -3.54. The molecular weight excluding hydrogens is 347 g/mol. The molecule has 0 atom stereocenters. The zero-order valence-corrected chi connectivity index (χ0v) is 15.0. The van der Waals surface area contributed by atoms with E-state index in [9.17, 15) is 9.18 Å². The largest absolute Gasteiger partial charge is 0.496 e. The van der Waals surface area contributed by atoms with E-state index in [0.29, 0.717) is 22.7 Å². The average Bonchev–Trinajstić information content (AvgIpc) is 2.70. The second kappa shape index (κ2) is 8.23. The van der Waals surface area contributed by atoms with Gasteiger partial charge in [-0.2, -0.15) is 0 Å². The maximum Gasteiger partial charge on any atom is 0.263 e. The summed E-state index contributed by atoms with van der Waals surface area (Å²) in [5, 5.41) is 5.99. The molecule has 3 aromatic rings. The topological polar surface area (TPSA) is 59.6 Å². The first kappa shape index (κ1) is 18.3. The lowest BCUT2D eigenvalue weighted by atomic mass is 10.1. The van der Waals surface area contributed by atoms with Crippen LogP contribution in [0.3, 0.4) is 0 Å². The van der Waals surface area contributed by atoms with Crippen molar-refractivity contribution in [2.24, 2.45) is 0 Å². The summed E-state index contributed by atoms with van der Waals surface area (Å²) in [6, 6.07) is 18.4. The van der Waals surface area contributed by atoms with E-state index < -0.39 is 0 Å². The molecule has 2 N–H and O–H groups in total. The molecule has 0 radical (unpaired) electrons. The van der Waals surface area contributed by atoms with Gasteiger partial charge in [0.1, 0.15) is 22.9 Å². The molecule has 0 saturated heterocycles. The Morgan fingerprint density at radius 1 is 0.778 bits per heavy atom. The van der Waals surface area contributed by atoms with Gasteiger partial charge in [-0.25, -0.2) is 4.39 Å². The molecule has 0 heterocycles. The van der Waals surface area contributed by atoms with Crippen molar-refractivity contribution >= 4 is 23.0 Å². The van der Waals surface area contributed by atoms with Gasteiger partial charge in [-0.3, -0.25) is 4.79 Å². The Morgan fingerprint density at radius 3 is 1.78 bits per heavy atom. The van der Waals surface area contributed by atoms with Crippen LogP contribution in [0.4, 0.5) is 21.5 Å². The van der Waals surface area contributed by atoms with E-state index in [0.717, 1.165) is 11.4 Å². The van der Waals surface area contributed by atoms with Crippen LogP contribution in [0.25, 0.3) is 0 Å². The van der Waals surface area contributed by atoms with Gasteiger partial charge in [0.05, 0.1) is 14.2 Å². The number of methoxy groups -OCH3 is 2. The summed E-state index contributed by atoms with van der Waals surface area (Å²) in [6.07, 6.45) is 0. The monoisotopic (exact) mass is 366 g/mol. The van der Waals surface area contributed by atoms with Crippen molar-refractivity contribution in [1.82, 2.24) is 0 Å². The summed E-state index contributed by atoms with van der Waals surface area (Å²) >= 11 is 0. The SMILES string of the molecule is COc1cccc(OC)c1C(=O)Nc1ccc(Nc2ccc(F)cc2)cc1. The van der Waals surface area contributed by atoms with E-state index in [1.165, 1.54) is 26.4 Å². The number of amides is 1. The quantitative estimate of drug-likeness (QED) is 0.655. The maximum absolute atomic E-state index is 13.0. The van der Waals surface area contributed by atoms with Crippen LogP contribution in [-0.4, -0.2) is 20.1 Å². The number of nitrogens with one attached hydrogen (secondary N) is 2. The van der Waals surface area contributed by atoms with E-state index in [-0.39, 0.29) is 11.7 Å². The van der Waals surface area contributed by atoms with Gasteiger partial charge in [-0.1, -0.05) is 6.07 Å². The van der Waals surface area contributed by atoms with E-state index in [1.807, 2.05) is 12.1 Å². The Morgan fingerprint density at radius 2 is 1.26 bits per heavy atom. The van der Waals surface area contributed by atoms with Crippen molar-refractivity contribution in [2.75, 3.05) is 24.9 Å². The molecule has 0 saturated carbocycles. The van der Waals surface area contributed by atoms with Gasteiger partial charge < -0.3 is 20.1 Å². The van der Waals surface area contributed by atoms with Crippen LogP contribution in [0.15, 0.2) is 66.7 Å². The Kier molecular flexibility index (Phi) is 5.56. The summed E-state index contributed by atoms with van der Waals surface area (Å²) in [5.74, 6) is 0.247. The molecule has 3 aromatic carbocycles. The van der Waals surface area contributed by atoms with E-state index in [4.69, 9.17) is 9.47 Å². The first-order chi connectivity index (χ1) is 13.1. The van der Waals surface area contributed by atoms with Gasteiger partial charge in [0.2, 0.25) is 0 Å². The van der Waals surface area contributed by atoms with Crippen LogP contribution in [0.5, 0.6) is 11.5 Å². The van der Waals surface area contributed by atoms with Crippen molar-refractivity contribution in [3.63, 3.8) is 0 Å². The van der Waals surface area contributed by atoms with Crippen molar-refractivity contribution in [3.05, 3.63) is 78.1 Å². The fourth-order valence-electron chi connectivity index (χ4n) is 2.61. The predicted molar refractivity (Wildman–Crippen MR) is 104 cm³/mol. The van der Waals surface area contributed by atoms with Gasteiger partial charge in [-0.15, -0.1) is 0 Å². The molecule has 0 bridgehead atoms. The number of benzene rings is 3. The number of carbonyl (C=O) groups excluding carboxylic acids is 1. The first-order valence-corrected chi connectivity index (χ1v) is 8.25. The smallest absolute Gasteiger partial charge is 0.263 e. The van der Waals surface area contributed by atoms with E-state index in [2.05, 4.69) is 10.6 Å². The molecule has 0 aliphatic carbocycles. The van der Waals surface area contributed by atoms with Crippen LogP contribution >= 0.6 is 0 Å². The Bertz CT molecular complexity index is 903. The van der Waals surface area contributed by atoms with Gasteiger partial charge >= 0.3 is 0 Å². The molecule has 0 aromatic heterocycles. The summed E-state index contributed by atoms with van der Waals surface area (Å²) in [4.78, 5) is 12.7. The lowest BCUT2D eigenvalue weighted by Crippen LogP contribution is -2.14. The molecule has 0 aliphatic rings. The summed E-state index contributed by atoms with van der Waals surface area (Å²) in [6.45, 7) is 0. The van der Waals surface area contributed by atoms with Gasteiger partial charge in [0.25, 0.3) is 5.91 Å². The highest BCUT2D eigenvalue weighted by molar-refractivity contribution is 6.08. The molecule has 0 unspecified atom stereocenters. The standard InChI is InChI=1S/C21H19FN2O3/c1-26-18-4-3-5-19(27-2)20(18)21(25)24-17-12-10-16(11-13-17)23-15-8-6-14(22)7-9-15/h3-13,23H,1-2H3,(H,24,25). The number of hydrogen-bond acceptors (Lipinski definition) is 4. The molecule has 27 heavy (non-hydrogen) atoms. The van der Waals surface area contributed by atoms with Crippen LogP contribution in [0.1, 0.15) is 10.4 Å². The second-order valence-electron chi connectivity index (χ2n) is 5.70. The zero-order chi connectivity index (χ0) is 19.2.